The molecule has 3 heterocycles. The van der Waals surface area contributed by atoms with E-state index >= 15 is 0 Å². The number of urea groups is 1. The molecule has 2 aromatic heterocycles. The Kier molecular flexibility index (Phi) is 8.91. The van der Waals surface area contributed by atoms with E-state index in [9.17, 15) is 18.8 Å². The summed E-state index contributed by atoms with van der Waals surface area (Å²) in [6.07, 6.45) is 3.34. The largest absolute Gasteiger partial charge is 0.342 e. The van der Waals surface area contributed by atoms with Crippen LogP contribution in [0.5, 0.6) is 0 Å². The van der Waals surface area contributed by atoms with Crippen molar-refractivity contribution in [1.82, 2.24) is 30.2 Å². The van der Waals surface area contributed by atoms with Crippen LogP contribution in [-0.2, 0) is 4.79 Å². The van der Waals surface area contributed by atoms with Crippen LogP contribution >= 0.6 is 11.6 Å². The van der Waals surface area contributed by atoms with E-state index < -0.39 is 17.8 Å². The van der Waals surface area contributed by atoms with Crippen molar-refractivity contribution in [2.45, 2.75) is 39.2 Å². The van der Waals surface area contributed by atoms with Gasteiger partial charge in [0.1, 0.15) is 5.69 Å². The molecule has 5 rings (SSSR count). The van der Waals surface area contributed by atoms with Gasteiger partial charge < -0.3 is 20.9 Å². The number of benzene rings is 2. The van der Waals surface area contributed by atoms with E-state index in [-0.39, 0.29) is 34.3 Å². The van der Waals surface area contributed by atoms with Crippen LogP contribution in [0.4, 0.5) is 20.6 Å². The molecule has 1 aliphatic rings. The molecule has 2 bridgehead atoms. The van der Waals surface area contributed by atoms with Gasteiger partial charge in [0.15, 0.2) is 11.5 Å². The standard InChI is InChI=1S/C31H32ClFN8O3/c1-17-7-5-9-23(36-30(43)28-18(2)41(39-38-28)26-10-6-8-22(32)27(26)33)25-15-19(13-14-34-25)21-12-11-20(35-31(44)40(3)4)16-24(21)37-29(17)42/h6,8,10-17,23H,5,7,9H2,1-4H3,(H,35,44)(H,36,43)(H,37,42). The predicted molar refractivity (Wildman–Crippen MR) is 165 cm³/mol. The maximum absolute atomic E-state index is 14.7. The van der Waals surface area contributed by atoms with Crippen molar-refractivity contribution in [3.63, 3.8) is 0 Å². The Morgan fingerprint density at radius 3 is 2.70 bits per heavy atom. The summed E-state index contributed by atoms with van der Waals surface area (Å²) in [5.74, 6) is -1.63. The van der Waals surface area contributed by atoms with Gasteiger partial charge in [-0.2, -0.15) is 0 Å². The summed E-state index contributed by atoms with van der Waals surface area (Å²) < 4.78 is 15.9. The highest BCUT2D eigenvalue weighted by Crippen LogP contribution is 2.34. The van der Waals surface area contributed by atoms with E-state index in [1.54, 1.807) is 45.4 Å². The average molecular weight is 619 g/mol. The lowest BCUT2D eigenvalue weighted by Crippen LogP contribution is -2.30. The first-order valence-electron chi connectivity index (χ1n) is 14.1. The summed E-state index contributed by atoms with van der Waals surface area (Å²) in [6.45, 7) is 3.47. The van der Waals surface area contributed by atoms with Crippen molar-refractivity contribution in [1.29, 1.82) is 0 Å². The molecule has 2 aromatic carbocycles. The smallest absolute Gasteiger partial charge is 0.321 e. The number of carbonyl (C=O) groups is 3. The monoisotopic (exact) mass is 618 g/mol. The molecule has 3 N–H and O–H groups in total. The number of aromatic nitrogens is 4. The van der Waals surface area contributed by atoms with Crippen molar-refractivity contribution in [2.24, 2.45) is 5.92 Å². The second kappa shape index (κ2) is 12.8. The van der Waals surface area contributed by atoms with E-state index in [1.807, 2.05) is 25.1 Å². The van der Waals surface area contributed by atoms with Crippen molar-refractivity contribution in [3.05, 3.63) is 82.6 Å². The van der Waals surface area contributed by atoms with Gasteiger partial charge in [0.25, 0.3) is 5.91 Å². The number of hydrogen-bond acceptors (Lipinski definition) is 6. The Morgan fingerprint density at radius 1 is 1.14 bits per heavy atom. The molecule has 0 saturated carbocycles. The first kappa shape index (κ1) is 30.6. The minimum absolute atomic E-state index is 0.0389. The maximum atomic E-state index is 14.7. The van der Waals surface area contributed by atoms with Crippen molar-refractivity contribution in [3.8, 4) is 16.8 Å². The second-order valence-electron chi connectivity index (χ2n) is 10.9. The number of anilines is 2. The third-order valence-corrected chi connectivity index (χ3v) is 7.83. The SMILES string of the molecule is Cc1c(C(=O)NC2CCCC(C)C(=O)Nc3cc(NC(=O)N(C)C)ccc3-c3ccnc2c3)nnn1-c1cccc(Cl)c1F. The molecular weight excluding hydrogens is 587 g/mol. The minimum Gasteiger partial charge on any atom is -0.342 e. The molecule has 13 heteroatoms. The lowest BCUT2D eigenvalue weighted by molar-refractivity contribution is -0.119. The molecule has 0 saturated heterocycles. The van der Waals surface area contributed by atoms with E-state index in [1.165, 1.54) is 21.7 Å². The number of rotatable bonds is 4. The Bertz CT molecular complexity index is 1740. The number of hydrogen-bond donors (Lipinski definition) is 3. The van der Waals surface area contributed by atoms with Gasteiger partial charge in [0.2, 0.25) is 5.91 Å². The van der Waals surface area contributed by atoms with Gasteiger partial charge in [-0.3, -0.25) is 14.6 Å². The molecule has 0 radical (unpaired) electrons. The number of carbonyl (C=O) groups excluding carboxylic acids is 3. The van der Waals surface area contributed by atoms with Crippen LogP contribution in [0.1, 0.15) is 54.1 Å². The molecule has 0 spiro atoms. The molecular formula is C31H32ClFN8O3. The van der Waals surface area contributed by atoms with Crippen LogP contribution in [0.25, 0.3) is 16.8 Å². The van der Waals surface area contributed by atoms with Crippen molar-refractivity contribution < 1.29 is 18.8 Å². The summed E-state index contributed by atoms with van der Waals surface area (Å²) in [5, 5.41) is 16.8. The fourth-order valence-electron chi connectivity index (χ4n) is 4.98. The number of nitrogens with zero attached hydrogens (tertiary/aromatic N) is 5. The molecule has 0 fully saturated rings. The molecule has 4 amide bonds. The first-order valence-corrected chi connectivity index (χ1v) is 14.5. The molecule has 2 unspecified atom stereocenters. The average Bonchev–Trinajstić information content (AvgIpc) is 3.38. The molecule has 11 nitrogen and oxygen atoms in total. The van der Waals surface area contributed by atoms with Crippen molar-refractivity contribution in [2.75, 3.05) is 24.7 Å². The van der Waals surface area contributed by atoms with Gasteiger partial charge in [0.05, 0.1) is 28.1 Å². The third-order valence-electron chi connectivity index (χ3n) is 7.54. The molecule has 228 valence electrons. The quantitative estimate of drug-likeness (QED) is 0.266. The first-order chi connectivity index (χ1) is 21.0. The van der Waals surface area contributed by atoms with Gasteiger partial charge in [0, 0.05) is 37.5 Å². The van der Waals surface area contributed by atoms with Crippen LogP contribution in [0, 0.1) is 18.7 Å². The zero-order valence-electron chi connectivity index (χ0n) is 24.7. The maximum Gasteiger partial charge on any atom is 0.321 e. The summed E-state index contributed by atoms with van der Waals surface area (Å²) >= 11 is 5.95. The fourth-order valence-corrected chi connectivity index (χ4v) is 5.15. The number of fused-ring (bicyclic) bond motifs is 4. The van der Waals surface area contributed by atoms with Gasteiger partial charge in [-0.25, -0.2) is 13.9 Å². The Balaban J connectivity index is 1.48. The lowest BCUT2D eigenvalue weighted by Gasteiger charge is -2.22. The van der Waals surface area contributed by atoms with Crippen LogP contribution < -0.4 is 16.0 Å². The highest BCUT2D eigenvalue weighted by molar-refractivity contribution is 6.30. The predicted octanol–water partition coefficient (Wildman–Crippen LogP) is 5.75. The summed E-state index contributed by atoms with van der Waals surface area (Å²) in [6, 6.07) is 12.7. The van der Waals surface area contributed by atoms with E-state index in [2.05, 4.69) is 31.2 Å². The molecule has 0 aliphatic carbocycles. The Labute approximate surface area is 258 Å². The summed E-state index contributed by atoms with van der Waals surface area (Å²) in [4.78, 5) is 44.9. The van der Waals surface area contributed by atoms with Crippen LogP contribution in [0.15, 0.2) is 54.7 Å². The number of halogens is 2. The van der Waals surface area contributed by atoms with Crippen molar-refractivity contribution >= 4 is 40.8 Å². The third kappa shape index (κ3) is 6.40. The Hall–Kier alpha value is -4.84. The molecule has 2 atom stereocenters. The van der Waals surface area contributed by atoms with E-state index in [0.717, 1.165) is 11.1 Å². The normalized spacial score (nSPS) is 16.5. The van der Waals surface area contributed by atoms with Crippen LogP contribution in [-0.4, -0.2) is 56.8 Å². The van der Waals surface area contributed by atoms with Crippen LogP contribution in [0.2, 0.25) is 5.02 Å². The van der Waals surface area contributed by atoms with E-state index in [0.29, 0.717) is 42.0 Å². The highest BCUT2D eigenvalue weighted by atomic mass is 35.5. The number of amides is 4. The molecule has 4 aromatic rings. The van der Waals surface area contributed by atoms with Gasteiger partial charge in [-0.1, -0.05) is 42.3 Å². The summed E-state index contributed by atoms with van der Waals surface area (Å²) in [5.41, 5.74) is 3.65. The molecule has 1 aliphatic heterocycles. The van der Waals surface area contributed by atoms with Gasteiger partial charge in [-0.15, -0.1) is 5.10 Å². The molecule has 44 heavy (non-hydrogen) atoms. The zero-order valence-corrected chi connectivity index (χ0v) is 25.4. The van der Waals surface area contributed by atoms with Crippen LogP contribution in [0.3, 0.4) is 0 Å². The zero-order chi connectivity index (χ0) is 31.5. The minimum atomic E-state index is -0.667. The second-order valence-corrected chi connectivity index (χ2v) is 11.3. The van der Waals surface area contributed by atoms with Gasteiger partial charge in [-0.05, 0) is 61.7 Å². The highest BCUT2D eigenvalue weighted by Gasteiger charge is 2.25. The van der Waals surface area contributed by atoms with E-state index in [4.69, 9.17) is 11.6 Å². The Morgan fingerprint density at radius 2 is 1.93 bits per heavy atom. The number of pyridine rings is 1. The fraction of sp³-hybridized carbons (Fsp3) is 0.290. The van der Waals surface area contributed by atoms with Gasteiger partial charge >= 0.3 is 6.03 Å². The lowest BCUT2D eigenvalue weighted by atomic mass is 9.95. The number of nitrogens with one attached hydrogen (secondary N) is 3. The summed E-state index contributed by atoms with van der Waals surface area (Å²) in [7, 11) is 3.28. The topological polar surface area (TPSA) is 134 Å².